The predicted molar refractivity (Wildman–Crippen MR) is 75.4 cm³/mol. The Morgan fingerprint density at radius 1 is 1.28 bits per heavy atom. The summed E-state index contributed by atoms with van der Waals surface area (Å²) >= 11 is 0. The maximum absolute atomic E-state index is 11.4. The van der Waals surface area contributed by atoms with Crippen LogP contribution in [0.25, 0.3) is 0 Å². The first-order chi connectivity index (χ1) is 8.49. The van der Waals surface area contributed by atoms with E-state index in [2.05, 4.69) is 28.7 Å². The SMILES string of the molecule is Cc1c(N)nc(C(C)C)nc1N1CCS(=O)CC1. The first-order valence-electron chi connectivity index (χ1n) is 6.23. The minimum atomic E-state index is -0.677. The molecule has 0 unspecified atom stereocenters. The Hall–Kier alpha value is -1.17. The van der Waals surface area contributed by atoms with Crippen LogP contribution in [0.1, 0.15) is 31.2 Å². The molecule has 1 aromatic heterocycles. The van der Waals surface area contributed by atoms with Crippen LogP contribution in [0.5, 0.6) is 0 Å². The highest BCUT2D eigenvalue weighted by molar-refractivity contribution is 7.85. The maximum atomic E-state index is 11.4. The van der Waals surface area contributed by atoms with Crippen LogP contribution in [0.2, 0.25) is 0 Å². The van der Waals surface area contributed by atoms with E-state index in [0.717, 1.165) is 30.3 Å². The fourth-order valence-electron chi connectivity index (χ4n) is 1.95. The lowest BCUT2D eigenvalue weighted by atomic mass is 10.2. The molecule has 100 valence electrons. The number of hydrogen-bond donors (Lipinski definition) is 1. The number of anilines is 2. The zero-order chi connectivity index (χ0) is 13.3. The third-order valence-electron chi connectivity index (χ3n) is 3.17. The van der Waals surface area contributed by atoms with Crippen LogP contribution in [0.3, 0.4) is 0 Å². The lowest BCUT2D eigenvalue weighted by Crippen LogP contribution is -2.39. The topological polar surface area (TPSA) is 72.1 Å². The summed E-state index contributed by atoms with van der Waals surface area (Å²) < 4.78 is 11.4. The molecule has 0 saturated carbocycles. The number of rotatable bonds is 2. The second-order valence-electron chi connectivity index (χ2n) is 4.91. The first kappa shape index (κ1) is 13.3. The standard InChI is InChI=1S/C12H20N4OS/c1-8(2)11-14-10(13)9(3)12(15-11)16-4-6-18(17)7-5-16/h8H,4-7H2,1-3H3,(H2,13,14,15). The maximum Gasteiger partial charge on any atom is 0.137 e. The Bertz CT molecular complexity index is 465. The molecule has 1 aromatic rings. The molecule has 0 aromatic carbocycles. The molecule has 1 fully saturated rings. The minimum Gasteiger partial charge on any atom is -0.383 e. The van der Waals surface area contributed by atoms with E-state index < -0.39 is 10.8 Å². The molecule has 2 heterocycles. The Labute approximate surface area is 110 Å². The van der Waals surface area contributed by atoms with Gasteiger partial charge in [0.15, 0.2) is 0 Å². The van der Waals surface area contributed by atoms with Gasteiger partial charge in [-0.3, -0.25) is 4.21 Å². The van der Waals surface area contributed by atoms with Gasteiger partial charge < -0.3 is 10.6 Å². The van der Waals surface area contributed by atoms with Gasteiger partial charge in [-0.15, -0.1) is 0 Å². The molecule has 2 N–H and O–H groups in total. The van der Waals surface area contributed by atoms with E-state index in [0.29, 0.717) is 17.3 Å². The summed E-state index contributed by atoms with van der Waals surface area (Å²) in [5.74, 6) is 3.91. The average Bonchev–Trinajstić information content (AvgIpc) is 2.33. The molecule has 5 nitrogen and oxygen atoms in total. The van der Waals surface area contributed by atoms with Gasteiger partial charge in [0, 0.05) is 46.9 Å². The van der Waals surface area contributed by atoms with E-state index >= 15 is 0 Å². The Morgan fingerprint density at radius 2 is 1.89 bits per heavy atom. The normalized spacial score (nSPS) is 17.4. The Balaban J connectivity index is 2.34. The van der Waals surface area contributed by atoms with Gasteiger partial charge in [0.25, 0.3) is 0 Å². The van der Waals surface area contributed by atoms with Crippen molar-refractivity contribution in [3.05, 3.63) is 11.4 Å². The van der Waals surface area contributed by atoms with Gasteiger partial charge in [-0.1, -0.05) is 13.8 Å². The second-order valence-corrected chi connectivity index (χ2v) is 6.60. The van der Waals surface area contributed by atoms with Crippen LogP contribution in [-0.4, -0.2) is 38.8 Å². The zero-order valence-corrected chi connectivity index (χ0v) is 12.0. The number of nitrogen functional groups attached to an aromatic ring is 1. The molecule has 0 aliphatic carbocycles. The van der Waals surface area contributed by atoms with E-state index in [1.54, 1.807) is 0 Å². The fourth-order valence-corrected chi connectivity index (χ4v) is 3.01. The van der Waals surface area contributed by atoms with E-state index in [4.69, 9.17) is 5.73 Å². The molecule has 0 radical (unpaired) electrons. The lowest BCUT2D eigenvalue weighted by Gasteiger charge is -2.29. The van der Waals surface area contributed by atoms with Crippen molar-refractivity contribution in [3.63, 3.8) is 0 Å². The Kier molecular flexibility index (Phi) is 3.85. The van der Waals surface area contributed by atoms with Crippen molar-refractivity contribution in [2.45, 2.75) is 26.7 Å². The minimum absolute atomic E-state index is 0.255. The number of nitrogens with zero attached hydrogens (tertiary/aromatic N) is 3. The molecular weight excluding hydrogens is 248 g/mol. The van der Waals surface area contributed by atoms with Gasteiger partial charge in [-0.25, -0.2) is 9.97 Å². The highest BCUT2D eigenvalue weighted by Crippen LogP contribution is 2.25. The molecular formula is C12H20N4OS. The van der Waals surface area contributed by atoms with Gasteiger partial charge in [-0.05, 0) is 6.92 Å². The van der Waals surface area contributed by atoms with E-state index in [-0.39, 0.29) is 5.92 Å². The van der Waals surface area contributed by atoms with Crippen LogP contribution in [0.15, 0.2) is 0 Å². The molecule has 18 heavy (non-hydrogen) atoms. The third kappa shape index (κ3) is 2.63. The molecule has 0 atom stereocenters. The fraction of sp³-hybridized carbons (Fsp3) is 0.667. The van der Waals surface area contributed by atoms with E-state index in [1.807, 2.05) is 6.92 Å². The molecule has 1 aliphatic rings. The summed E-state index contributed by atoms with van der Waals surface area (Å²) in [6.07, 6.45) is 0. The van der Waals surface area contributed by atoms with Crippen molar-refractivity contribution in [2.75, 3.05) is 35.2 Å². The van der Waals surface area contributed by atoms with Crippen LogP contribution in [0.4, 0.5) is 11.6 Å². The van der Waals surface area contributed by atoms with Gasteiger partial charge in [0.05, 0.1) is 0 Å². The highest BCUT2D eigenvalue weighted by atomic mass is 32.2. The number of hydrogen-bond acceptors (Lipinski definition) is 5. The van der Waals surface area contributed by atoms with Gasteiger partial charge in [-0.2, -0.15) is 0 Å². The van der Waals surface area contributed by atoms with Crippen molar-refractivity contribution in [2.24, 2.45) is 0 Å². The van der Waals surface area contributed by atoms with Crippen molar-refractivity contribution >= 4 is 22.4 Å². The summed E-state index contributed by atoms with van der Waals surface area (Å²) in [5.41, 5.74) is 6.88. The van der Waals surface area contributed by atoms with Crippen molar-refractivity contribution in [1.82, 2.24) is 9.97 Å². The third-order valence-corrected chi connectivity index (χ3v) is 4.44. The number of nitrogens with two attached hydrogens (primary N) is 1. The van der Waals surface area contributed by atoms with Crippen molar-refractivity contribution in [3.8, 4) is 0 Å². The summed E-state index contributed by atoms with van der Waals surface area (Å²) in [4.78, 5) is 11.1. The summed E-state index contributed by atoms with van der Waals surface area (Å²) in [7, 11) is -0.677. The van der Waals surface area contributed by atoms with Crippen LogP contribution in [-0.2, 0) is 10.8 Å². The quantitative estimate of drug-likeness (QED) is 0.868. The number of aromatic nitrogens is 2. The second kappa shape index (κ2) is 5.22. The van der Waals surface area contributed by atoms with Crippen molar-refractivity contribution < 1.29 is 4.21 Å². The highest BCUT2D eigenvalue weighted by Gasteiger charge is 2.20. The summed E-state index contributed by atoms with van der Waals surface area (Å²) in [6, 6.07) is 0. The molecule has 0 spiro atoms. The molecule has 2 rings (SSSR count). The van der Waals surface area contributed by atoms with Crippen LogP contribution in [0, 0.1) is 6.92 Å². The van der Waals surface area contributed by atoms with Crippen LogP contribution < -0.4 is 10.6 Å². The van der Waals surface area contributed by atoms with E-state index in [9.17, 15) is 4.21 Å². The monoisotopic (exact) mass is 268 g/mol. The smallest absolute Gasteiger partial charge is 0.137 e. The molecule has 1 aliphatic heterocycles. The largest absolute Gasteiger partial charge is 0.383 e. The summed E-state index contributed by atoms with van der Waals surface area (Å²) in [5, 5.41) is 0. The van der Waals surface area contributed by atoms with Gasteiger partial charge >= 0.3 is 0 Å². The van der Waals surface area contributed by atoms with Gasteiger partial charge in [0.2, 0.25) is 0 Å². The van der Waals surface area contributed by atoms with Crippen molar-refractivity contribution in [1.29, 1.82) is 0 Å². The predicted octanol–water partition coefficient (Wildman–Crippen LogP) is 1.06. The first-order valence-corrected chi connectivity index (χ1v) is 7.71. The average molecular weight is 268 g/mol. The Morgan fingerprint density at radius 3 is 2.44 bits per heavy atom. The molecule has 6 heteroatoms. The zero-order valence-electron chi connectivity index (χ0n) is 11.1. The van der Waals surface area contributed by atoms with Crippen LogP contribution >= 0.6 is 0 Å². The summed E-state index contributed by atoms with van der Waals surface area (Å²) in [6.45, 7) is 7.61. The molecule has 0 bridgehead atoms. The van der Waals surface area contributed by atoms with E-state index in [1.165, 1.54) is 0 Å². The van der Waals surface area contributed by atoms with Gasteiger partial charge in [0.1, 0.15) is 17.5 Å². The molecule has 0 amide bonds. The lowest BCUT2D eigenvalue weighted by molar-refractivity contribution is 0.671. The molecule has 1 saturated heterocycles.